The van der Waals surface area contributed by atoms with E-state index in [2.05, 4.69) is 10.0 Å². The zero-order valence-corrected chi connectivity index (χ0v) is 13.4. The van der Waals surface area contributed by atoms with Crippen molar-refractivity contribution in [2.24, 2.45) is 11.8 Å². The van der Waals surface area contributed by atoms with Crippen molar-refractivity contribution in [3.8, 4) is 0 Å². The molecule has 0 atom stereocenters. The van der Waals surface area contributed by atoms with E-state index in [4.69, 9.17) is 0 Å². The van der Waals surface area contributed by atoms with E-state index < -0.39 is 10.2 Å². The molecule has 0 radical (unpaired) electrons. The van der Waals surface area contributed by atoms with Gasteiger partial charge < -0.3 is 5.32 Å². The van der Waals surface area contributed by atoms with Crippen molar-refractivity contribution < 1.29 is 8.42 Å². The number of nitrogens with one attached hydrogen (secondary N) is 2. The topological polar surface area (TPSA) is 61.4 Å². The molecule has 1 saturated heterocycles. The minimum Gasteiger partial charge on any atom is -0.319 e. The molecular weight excluding hydrogens is 274 g/mol. The van der Waals surface area contributed by atoms with Crippen molar-refractivity contribution in [2.45, 2.75) is 44.9 Å². The summed E-state index contributed by atoms with van der Waals surface area (Å²) in [4.78, 5) is 0. The Morgan fingerprint density at radius 1 is 1.05 bits per heavy atom. The molecule has 5 nitrogen and oxygen atoms in total. The lowest BCUT2D eigenvalue weighted by Crippen LogP contribution is -2.46. The van der Waals surface area contributed by atoms with E-state index in [-0.39, 0.29) is 0 Å². The van der Waals surface area contributed by atoms with E-state index in [0.717, 1.165) is 31.7 Å². The Balaban J connectivity index is 1.70. The predicted octanol–water partition coefficient (Wildman–Crippen LogP) is 1.33. The first-order chi connectivity index (χ1) is 9.62. The fourth-order valence-corrected chi connectivity index (χ4v) is 4.67. The van der Waals surface area contributed by atoms with Crippen molar-refractivity contribution in [2.75, 3.05) is 33.2 Å². The minimum absolute atomic E-state index is 0.601. The summed E-state index contributed by atoms with van der Waals surface area (Å²) >= 11 is 0. The van der Waals surface area contributed by atoms with Crippen LogP contribution in [0.4, 0.5) is 0 Å². The number of hydrogen-bond donors (Lipinski definition) is 2. The summed E-state index contributed by atoms with van der Waals surface area (Å²) < 4.78 is 28.9. The van der Waals surface area contributed by atoms with Crippen LogP contribution >= 0.6 is 0 Å². The number of nitrogens with zero attached hydrogens (tertiary/aromatic N) is 1. The lowest BCUT2D eigenvalue weighted by atomic mass is 9.98. The summed E-state index contributed by atoms with van der Waals surface area (Å²) in [5, 5.41) is 3.17. The normalized spacial score (nSPS) is 23.4. The van der Waals surface area contributed by atoms with Crippen LogP contribution in [0.5, 0.6) is 0 Å². The maximum absolute atomic E-state index is 12.2. The summed E-state index contributed by atoms with van der Waals surface area (Å²) in [5.41, 5.74) is 0. The Morgan fingerprint density at radius 2 is 1.70 bits per heavy atom. The third-order valence-electron chi connectivity index (χ3n) is 4.72. The van der Waals surface area contributed by atoms with Crippen molar-refractivity contribution >= 4 is 10.2 Å². The van der Waals surface area contributed by atoms with Crippen LogP contribution in [0.15, 0.2) is 0 Å². The third kappa shape index (κ3) is 4.69. The molecule has 0 bridgehead atoms. The Hall–Kier alpha value is -0.170. The molecule has 0 aromatic carbocycles. The van der Waals surface area contributed by atoms with Gasteiger partial charge in [0.2, 0.25) is 0 Å². The minimum atomic E-state index is -3.25. The van der Waals surface area contributed by atoms with Gasteiger partial charge in [-0.25, -0.2) is 4.72 Å². The Labute approximate surface area is 123 Å². The Kier molecular flexibility index (Phi) is 6.26. The summed E-state index contributed by atoms with van der Waals surface area (Å²) in [6.07, 6.45) is 8.10. The molecule has 2 rings (SSSR count). The first-order valence-electron chi connectivity index (χ1n) is 8.01. The number of piperidine rings is 1. The molecular formula is C14H29N3O2S. The largest absolute Gasteiger partial charge is 0.319 e. The maximum Gasteiger partial charge on any atom is 0.279 e. The fraction of sp³-hybridized carbons (Fsp3) is 1.00. The van der Waals surface area contributed by atoms with E-state index in [1.165, 1.54) is 25.7 Å². The molecule has 1 saturated carbocycles. The average Bonchev–Trinajstić information content (AvgIpc) is 2.93. The predicted molar refractivity (Wildman–Crippen MR) is 81.7 cm³/mol. The second-order valence-electron chi connectivity index (χ2n) is 6.24. The van der Waals surface area contributed by atoms with Gasteiger partial charge in [0.1, 0.15) is 0 Å². The molecule has 2 aliphatic rings. The molecule has 1 aliphatic heterocycles. The lowest BCUT2D eigenvalue weighted by Gasteiger charge is -2.31. The highest BCUT2D eigenvalue weighted by Crippen LogP contribution is 2.27. The molecule has 118 valence electrons. The van der Waals surface area contributed by atoms with Gasteiger partial charge in [0.25, 0.3) is 10.2 Å². The standard InChI is InChI=1S/C14H29N3O2S/c1-15-12-14-7-10-17(11-8-14)20(18,19)16-9-6-13-4-2-3-5-13/h13-16H,2-12H2,1H3. The summed E-state index contributed by atoms with van der Waals surface area (Å²) in [6, 6.07) is 0. The SMILES string of the molecule is CNCC1CCN(S(=O)(=O)NCCC2CCCC2)CC1. The molecule has 6 heteroatoms. The Morgan fingerprint density at radius 3 is 2.30 bits per heavy atom. The van der Waals surface area contributed by atoms with Crippen LogP contribution in [-0.2, 0) is 10.2 Å². The molecule has 2 N–H and O–H groups in total. The van der Waals surface area contributed by atoms with Gasteiger partial charge in [-0.15, -0.1) is 0 Å². The second kappa shape index (κ2) is 7.73. The van der Waals surface area contributed by atoms with Gasteiger partial charge in [0.05, 0.1) is 0 Å². The zero-order valence-electron chi connectivity index (χ0n) is 12.6. The van der Waals surface area contributed by atoms with E-state index in [1.54, 1.807) is 4.31 Å². The van der Waals surface area contributed by atoms with Crippen LogP contribution in [-0.4, -0.2) is 45.9 Å². The highest BCUT2D eigenvalue weighted by Gasteiger charge is 2.27. The van der Waals surface area contributed by atoms with Crippen LogP contribution in [0.2, 0.25) is 0 Å². The molecule has 20 heavy (non-hydrogen) atoms. The number of hydrogen-bond acceptors (Lipinski definition) is 3. The molecule has 2 fully saturated rings. The fourth-order valence-electron chi connectivity index (χ4n) is 3.42. The van der Waals surface area contributed by atoms with Crippen LogP contribution < -0.4 is 10.0 Å². The van der Waals surface area contributed by atoms with E-state index in [1.807, 2.05) is 7.05 Å². The van der Waals surface area contributed by atoms with Gasteiger partial charge in [-0.05, 0) is 44.7 Å². The summed E-state index contributed by atoms with van der Waals surface area (Å²) in [6.45, 7) is 2.91. The monoisotopic (exact) mass is 303 g/mol. The van der Waals surface area contributed by atoms with Crippen molar-refractivity contribution in [1.82, 2.24) is 14.3 Å². The highest BCUT2D eigenvalue weighted by molar-refractivity contribution is 7.87. The molecule has 0 unspecified atom stereocenters. The van der Waals surface area contributed by atoms with Crippen LogP contribution in [0, 0.1) is 11.8 Å². The van der Waals surface area contributed by atoms with E-state index in [9.17, 15) is 8.42 Å². The van der Waals surface area contributed by atoms with E-state index in [0.29, 0.717) is 25.6 Å². The lowest BCUT2D eigenvalue weighted by molar-refractivity contribution is 0.268. The van der Waals surface area contributed by atoms with Gasteiger partial charge in [-0.1, -0.05) is 25.7 Å². The van der Waals surface area contributed by atoms with Gasteiger partial charge >= 0.3 is 0 Å². The Bertz CT molecular complexity index is 372. The van der Waals surface area contributed by atoms with Crippen LogP contribution in [0.3, 0.4) is 0 Å². The quantitative estimate of drug-likeness (QED) is 0.746. The van der Waals surface area contributed by atoms with Crippen molar-refractivity contribution in [1.29, 1.82) is 0 Å². The molecule has 1 heterocycles. The second-order valence-corrected chi connectivity index (χ2v) is 7.99. The molecule has 0 aromatic heterocycles. The maximum atomic E-state index is 12.2. The first kappa shape index (κ1) is 16.2. The van der Waals surface area contributed by atoms with Crippen LogP contribution in [0.1, 0.15) is 44.9 Å². The highest BCUT2D eigenvalue weighted by atomic mass is 32.2. The van der Waals surface area contributed by atoms with E-state index >= 15 is 0 Å². The molecule has 0 amide bonds. The van der Waals surface area contributed by atoms with Crippen molar-refractivity contribution in [3.63, 3.8) is 0 Å². The number of rotatable bonds is 7. The van der Waals surface area contributed by atoms with Gasteiger partial charge in [0.15, 0.2) is 0 Å². The van der Waals surface area contributed by atoms with Crippen LogP contribution in [0.25, 0.3) is 0 Å². The smallest absolute Gasteiger partial charge is 0.279 e. The van der Waals surface area contributed by atoms with Gasteiger partial charge in [-0.2, -0.15) is 12.7 Å². The molecule has 1 aliphatic carbocycles. The summed E-state index contributed by atoms with van der Waals surface area (Å²) in [5.74, 6) is 1.35. The molecule has 0 spiro atoms. The van der Waals surface area contributed by atoms with Gasteiger partial charge in [0, 0.05) is 19.6 Å². The molecule has 0 aromatic rings. The third-order valence-corrected chi connectivity index (χ3v) is 6.33. The summed E-state index contributed by atoms with van der Waals surface area (Å²) in [7, 11) is -1.30. The van der Waals surface area contributed by atoms with Gasteiger partial charge in [-0.3, -0.25) is 0 Å². The first-order valence-corrected chi connectivity index (χ1v) is 9.45. The van der Waals surface area contributed by atoms with Crippen molar-refractivity contribution in [3.05, 3.63) is 0 Å². The average molecular weight is 303 g/mol. The zero-order chi connectivity index (χ0) is 14.4.